The van der Waals surface area contributed by atoms with E-state index in [0.717, 1.165) is 6.54 Å². The van der Waals surface area contributed by atoms with Crippen molar-refractivity contribution in [2.24, 2.45) is 0 Å². The monoisotopic (exact) mass is 292 g/mol. The highest BCUT2D eigenvalue weighted by atomic mass is 16.5. The molecular formula is C16H24N2O3. The molecule has 1 atom stereocenters. The molecule has 0 aromatic heterocycles. The van der Waals surface area contributed by atoms with Crippen LogP contribution in [-0.4, -0.2) is 49.7 Å². The number of nitrogens with zero attached hydrogens (tertiary/aromatic N) is 1. The quantitative estimate of drug-likeness (QED) is 0.924. The summed E-state index contributed by atoms with van der Waals surface area (Å²) in [5.41, 5.74) is 0.552. The number of carbonyl (C=O) groups is 1. The molecule has 5 heteroatoms. The molecule has 1 amide bonds. The summed E-state index contributed by atoms with van der Waals surface area (Å²) in [6.45, 7) is 7.75. The van der Waals surface area contributed by atoms with E-state index in [1.54, 1.807) is 32.4 Å². The van der Waals surface area contributed by atoms with Crippen molar-refractivity contribution in [2.45, 2.75) is 32.4 Å². The first-order valence-electron chi connectivity index (χ1n) is 7.16. The van der Waals surface area contributed by atoms with Gasteiger partial charge in [-0.15, -0.1) is 0 Å². The fourth-order valence-corrected chi connectivity index (χ4v) is 2.58. The van der Waals surface area contributed by atoms with E-state index in [0.29, 0.717) is 23.6 Å². The first-order valence-corrected chi connectivity index (χ1v) is 7.16. The Bertz CT molecular complexity index is 528. The molecule has 1 heterocycles. The largest absolute Gasteiger partial charge is 0.493 e. The van der Waals surface area contributed by atoms with Crippen LogP contribution in [0.4, 0.5) is 0 Å². The third kappa shape index (κ3) is 3.29. The molecule has 2 rings (SSSR count). The summed E-state index contributed by atoms with van der Waals surface area (Å²) < 4.78 is 10.5. The summed E-state index contributed by atoms with van der Waals surface area (Å²) in [7, 11) is 3.16. The lowest BCUT2D eigenvalue weighted by Gasteiger charge is -2.43. The van der Waals surface area contributed by atoms with Crippen molar-refractivity contribution in [2.75, 3.05) is 27.3 Å². The van der Waals surface area contributed by atoms with Crippen molar-refractivity contribution in [3.8, 4) is 11.5 Å². The maximum Gasteiger partial charge on any atom is 0.254 e. The molecule has 21 heavy (non-hydrogen) atoms. The molecule has 116 valence electrons. The van der Waals surface area contributed by atoms with E-state index in [4.69, 9.17) is 9.47 Å². The lowest BCUT2D eigenvalue weighted by Crippen LogP contribution is -2.62. The van der Waals surface area contributed by atoms with Gasteiger partial charge in [0.25, 0.3) is 5.91 Å². The van der Waals surface area contributed by atoms with Crippen LogP contribution in [0.2, 0.25) is 0 Å². The number of benzene rings is 1. The predicted octanol–water partition coefficient (Wildman–Crippen LogP) is 1.92. The van der Waals surface area contributed by atoms with Crippen LogP contribution in [0.15, 0.2) is 18.2 Å². The van der Waals surface area contributed by atoms with Gasteiger partial charge in [-0.25, -0.2) is 0 Å². The van der Waals surface area contributed by atoms with Crippen LogP contribution in [0.25, 0.3) is 0 Å². The highest BCUT2D eigenvalue weighted by molar-refractivity contribution is 5.95. The van der Waals surface area contributed by atoms with E-state index in [-0.39, 0.29) is 17.5 Å². The molecule has 0 aliphatic carbocycles. The zero-order valence-electron chi connectivity index (χ0n) is 13.4. The molecule has 1 aromatic rings. The fraction of sp³-hybridized carbons (Fsp3) is 0.562. The molecule has 0 radical (unpaired) electrons. The van der Waals surface area contributed by atoms with E-state index < -0.39 is 0 Å². The first kappa shape index (κ1) is 15.6. The van der Waals surface area contributed by atoms with E-state index in [2.05, 4.69) is 26.1 Å². The number of nitrogens with one attached hydrogen (secondary N) is 1. The Morgan fingerprint density at radius 1 is 1.29 bits per heavy atom. The zero-order valence-corrected chi connectivity index (χ0v) is 13.4. The minimum atomic E-state index is -0.0707. The second-order valence-corrected chi connectivity index (χ2v) is 6.12. The van der Waals surface area contributed by atoms with Gasteiger partial charge in [0.2, 0.25) is 0 Å². The topological polar surface area (TPSA) is 50.8 Å². The van der Waals surface area contributed by atoms with Crippen LogP contribution >= 0.6 is 0 Å². The van der Waals surface area contributed by atoms with Gasteiger partial charge in [-0.2, -0.15) is 0 Å². The summed E-state index contributed by atoms with van der Waals surface area (Å²) in [5, 5.41) is 3.45. The number of hydrogen-bond acceptors (Lipinski definition) is 4. The molecule has 5 nitrogen and oxygen atoms in total. The standard InChI is InChI=1S/C16H24N2O3/c1-11-9-17-16(2,3)10-18(11)15(19)12-6-7-13(20-4)14(8-12)21-5/h6-8,11,17H,9-10H2,1-5H3. The smallest absolute Gasteiger partial charge is 0.254 e. The Labute approximate surface area is 126 Å². The van der Waals surface area contributed by atoms with Crippen molar-refractivity contribution in [1.82, 2.24) is 10.2 Å². The van der Waals surface area contributed by atoms with E-state index in [9.17, 15) is 4.79 Å². The Kier molecular flexibility index (Phi) is 4.42. The Morgan fingerprint density at radius 3 is 2.57 bits per heavy atom. The molecule has 0 saturated carbocycles. The van der Waals surface area contributed by atoms with Crippen molar-refractivity contribution in [3.05, 3.63) is 23.8 Å². The normalized spacial score (nSPS) is 21.0. The Balaban J connectivity index is 2.26. The van der Waals surface area contributed by atoms with Gasteiger partial charge in [0, 0.05) is 30.2 Å². The molecule has 1 saturated heterocycles. The highest BCUT2D eigenvalue weighted by Crippen LogP contribution is 2.29. The highest BCUT2D eigenvalue weighted by Gasteiger charge is 2.33. The predicted molar refractivity (Wildman–Crippen MR) is 82.1 cm³/mol. The Morgan fingerprint density at radius 2 is 1.95 bits per heavy atom. The van der Waals surface area contributed by atoms with Gasteiger partial charge >= 0.3 is 0 Å². The Hall–Kier alpha value is -1.75. The minimum Gasteiger partial charge on any atom is -0.493 e. The van der Waals surface area contributed by atoms with Crippen molar-refractivity contribution in [3.63, 3.8) is 0 Å². The maximum absolute atomic E-state index is 12.8. The summed E-state index contributed by atoms with van der Waals surface area (Å²) in [6, 6.07) is 5.46. The van der Waals surface area contributed by atoms with Gasteiger partial charge in [-0.1, -0.05) is 0 Å². The van der Waals surface area contributed by atoms with Crippen molar-refractivity contribution in [1.29, 1.82) is 0 Å². The summed E-state index contributed by atoms with van der Waals surface area (Å²) >= 11 is 0. The molecule has 1 N–H and O–H groups in total. The third-order valence-corrected chi connectivity index (χ3v) is 3.87. The molecule has 1 aromatic carbocycles. The van der Waals surface area contributed by atoms with Gasteiger partial charge in [0.1, 0.15) is 0 Å². The number of carbonyl (C=O) groups excluding carboxylic acids is 1. The molecule has 0 bridgehead atoms. The van der Waals surface area contributed by atoms with Crippen molar-refractivity contribution >= 4 is 5.91 Å². The molecule has 0 spiro atoms. The van der Waals surface area contributed by atoms with E-state index in [1.165, 1.54) is 0 Å². The number of methoxy groups -OCH3 is 2. The van der Waals surface area contributed by atoms with Gasteiger partial charge in [-0.3, -0.25) is 4.79 Å². The number of amides is 1. The van der Waals surface area contributed by atoms with E-state index >= 15 is 0 Å². The van der Waals surface area contributed by atoms with Crippen LogP contribution in [0.5, 0.6) is 11.5 Å². The molecule has 1 unspecified atom stereocenters. The number of rotatable bonds is 3. The van der Waals surface area contributed by atoms with Crippen LogP contribution < -0.4 is 14.8 Å². The first-order chi connectivity index (χ1) is 9.88. The van der Waals surface area contributed by atoms with Crippen LogP contribution in [0.1, 0.15) is 31.1 Å². The number of hydrogen-bond donors (Lipinski definition) is 1. The van der Waals surface area contributed by atoms with E-state index in [1.807, 2.05) is 4.90 Å². The number of ether oxygens (including phenoxy) is 2. The lowest BCUT2D eigenvalue weighted by atomic mass is 9.98. The van der Waals surface area contributed by atoms with Crippen molar-refractivity contribution < 1.29 is 14.3 Å². The van der Waals surface area contributed by atoms with Crippen LogP contribution in [-0.2, 0) is 0 Å². The van der Waals surface area contributed by atoms with Gasteiger partial charge in [-0.05, 0) is 39.0 Å². The SMILES string of the molecule is COc1ccc(C(=O)N2CC(C)(C)NCC2C)cc1OC. The summed E-state index contributed by atoms with van der Waals surface area (Å²) in [5.74, 6) is 1.23. The van der Waals surface area contributed by atoms with Gasteiger partial charge in [0.05, 0.1) is 14.2 Å². The molecule has 1 aliphatic heterocycles. The summed E-state index contributed by atoms with van der Waals surface area (Å²) in [6.07, 6.45) is 0. The molecule has 1 aliphatic rings. The second-order valence-electron chi connectivity index (χ2n) is 6.12. The summed E-state index contributed by atoms with van der Waals surface area (Å²) in [4.78, 5) is 14.7. The van der Waals surface area contributed by atoms with Gasteiger partial charge < -0.3 is 19.7 Å². The third-order valence-electron chi connectivity index (χ3n) is 3.87. The average molecular weight is 292 g/mol. The lowest BCUT2D eigenvalue weighted by molar-refractivity contribution is 0.0533. The zero-order chi connectivity index (χ0) is 15.6. The maximum atomic E-state index is 12.8. The van der Waals surface area contributed by atoms with Gasteiger partial charge in [0.15, 0.2) is 11.5 Å². The fourth-order valence-electron chi connectivity index (χ4n) is 2.58. The molecule has 1 fully saturated rings. The second kappa shape index (κ2) is 5.93. The van der Waals surface area contributed by atoms with Crippen LogP contribution in [0.3, 0.4) is 0 Å². The average Bonchev–Trinajstić information content (AvgIpc) is 2.48. The molecular weight excluding hydrogens is 268 g/mol. The number of piperazine rings is 1. The van der Waals surface area contributed by atoms with Crippen LogP contribution in [0, 0.1) is 0 Å². The minimum absolute atomic E-state index is 0.0260.